The zero-order chi connectivity index (χ0) is 42.3. The summed E-state index contributed by atoms with van der Waals surface area (Å²) in [5.41, 5.74) is 1.80. The Kier molecular flexibility index (Phi) is 18.9. The van der Waals surface area contributed by atoms with Gasteiger partial charge in [0, 0.05) is 44.7 Å². The Labute approximate surface area is 360 Å². The first kappa shape index (κ1) is 45.7. The fourth-order valence-electron chi connectivity index (χ4n) is 6.77. The van der Waals surface area contributed by atoms with Crippen LogP contribution in [0.3, 0.4) is 0 Å². The van der Waals surface area contributed by atoms with Gasteiger partial charge in [-0.1, -0.05) is 158 Å². The molecule has 0 saturated carbocycles. The van der Waals surface area contributed by atoms with Crippen molar-refractivity contribution in [2.24, 2.45) is 0 Å². The molecule has 6 aromatic carbocycles. The summed E-state index contributed by atoms with van der Waals surface area (Å²) in [4.78, 5) is 0. The minimum Gasteiger partial charge on any atom is -0.491 e. The molecule has 0 aliphatic heterocycles. The Bertz CT molecular complexity index is 1980. The summed E-state index contributed by atoms with van der Waals surface area (Å²) in [5.74, 6) is 1.42. The second-order valence-corrected chi connectivity index (χ2v) is 19.8. The molecule has 6 aromatic rings. The van der Waals surface area contributed by atoms with Crippen LogP contribution in [0.4, 0.5) is 0 Å². The quantitative estimate of drug-likeness (QED) is 0.0357. The van der Waals surface area contributed by atoms with Crippen molar-refractivity contribution in [2.45, 2.75) is 12.3 Å². The van der Waals surface area contributed by atoms with E-state index in [4.69, 9.17) is 33.2 Å². The lowest BCUT2D eigenvalue weighted by molar-refractivity contribution is -0.0141. The fourth-order valence-corrected chi connectivity index (χ4v) is 12.2. The van der Waals surface area contributed by atoms with Crippen LogP contribution in [0.2, 0.25) is 0 Å². The molecule has 6 rings (SSSR count). The van der Waals surface area contributed by atoms with E-state index in [1.807, 2.05) is 170 Å². The van der Waals surface area contributed by atoms with Crippen molar-refractivity contribution < 1.29 is 42.3 Å². The van der Waals surface area contributed by atoms with E-state index in [1.165, 1.54) is 0 Å². The summed E-state index contributed by atoms with van der Waals surface area (Å²) in [7, 11) is -5.88. The molecule has 0 atom stereocenters. The summed E-state index contributed by atoms with van der Waals surface area (Å²) >= 11 is 0. The maximum atomic E-state index is 14.6. The Morgan fingerprint density at radius 3 is 0.787 bits per heavy atom. The minimum atomic E-state index is -2.94. The van der Waals surface area contributed by atoms with Crippen molar-refractivity contribution in [1.29, 1.82) is 0 Å². The molecule has 11 heteroatoms. The van der Waals surface area contributed by atoms with Gasteiger partial charge >= 0.3 is 0 Å². The summed E-state index contributed by atoms with van der Waals surface area (Å²) in [6.45, 7) is 5.14. The van der Waals surface area contributed by atoms with E-state index in [-0.39, 0.29) is 0 Å². The van der Waals surface area contributed by atoms with Gasteiger partial charge in [-0.05, 0) is 12.1 Å². The highest BCUT2D eigenvalue weighted by molar-refractivity contribution is 7.78. The molecule has 0 unspecified atom stereocenters. The zero-order valence-electron chi connectivity index (χ0n) is 34.6. The predicted molar refractivity (Wildman–Crippen MR) is 245 cm³/mol. The van der Waals surface area contributed by atoms with Crippen molar-refractivity contribution in [1.82, 2.24) is 0 Å². The zero-order valence-corrected chi connectivity index (χ0v) is 36.4. The van der Waals surface area contributed by atoms with E-state index >= 15 is 0 Å². The molecule has 0 amide bonds. The second-order valence-electron chi connectivity index (χ2n) is 14.1. The van der Waals surface area contributed by atoms with Crippen LogP contribution in [-0.2, 0) is 45.1 Å². The lowest BCUT2D eigenvalue weighted by atomic mass is 10.2. The summed E-state index contributed by atoms with van der Waals surface area (Å²) < 4.78 is 69.7. The van der Waals surface area contributed by atoms with Gasteiger partial charge in [0.2, 0.25) is 0 Å². The molecular formula is C50H56O9P2. The molecule has 0 saturated heterocycles. The molecule has 9 nitrogen and oxygen atoms in total. The normalized spacial score (nSPS) is 11.7. The molecule has 0 spiro atoms. The number of hydrogen-bond acceptors (Lipinski definition) is 9. The smallest absolute Gasteiger partial charge is 0.147 e. The first-order valence-electron chi connectivity index (χ1n) is 20.8. The van der Waals surface area contributed by atoms with E-state index in [1.54, 1.807) is 0 Å². The molecule has 0 aliphatic carbocycles. The molecule has 0 radical (unpaired) electrons. The van der Waals surface area contributed by atoms with E-state index in [2.05, 4.69) is 0 Å². The standard InChI is InChI=1S/C50H56O9P2/c51-60(45-19-5-1-6-20-45,46-21-7-2-8-22-46)41-43-17-13-15-27-49(43)58-39-37-56-35-33-54-31-29-53-30-32-55-34-36-57-38-40-59-50-28-16-14-18-44(50)42-61(52,47-23-9-3-10-24-47)48-25-11-4-12-26-48/h1-28H,29-42H2. The number of hydrogen-bond donors (Lipinski definition) is 0. The van der Waals surface area contributed by atoms with Crippen molar-refractivity contribution in [3.8, 4) is 11.5 Å². The Hall–Kier alpha value is -4.82. The fraction of sp³-hybridized carbons (Fsp3) is 0.280. The summed E-state index contributed by atoms with van der Waals surface area (Å²) in [6, 6.07) is 54.3. The van der Waals surface area contributed by atoms with Crippen LogP contribution in [0, 0.1) is 0 Å². The summed E-state index contributed by atoms with van der Waals surface area (Å²) in [5, 5.41) is 3.30. The topological polar surface area (TPSA) is 98.8 Å². The van der Waals surface area contributed by atoms with Gasteiger partial charge in [-0.3, -0.25) is 0 Å². The first-order chi connectivity index (χ1) is 30.1. The molecule has 320 valence electrons. The predicted octanol–water partition coefficient (Wildman–Crippen LogP) is 8.26. The molecule has 0 aromatic heterocycles. The third-order valence-corrected chi connectivity index (χ3v) is 16.0. The molecule has 0 fully saturated rings. The number of rotatable bonds is 28. The van der Waals surface area contributed by atoms with Gasteiger partial charge in [0.1, 0.15) is 39.0 Å². The largest absolute Gasteiger partial charge is 0.491 e. The summed E-state index contributed by atoms with van der Waals surface area (Å²) in [6.07, 6.45) is 0.725. The van der Waals surface area contributed by atoms with Crippen molar-refractivity contribution in [2.75, 3.05) is 79.3 Å². The molecular weight excluding hydrogens is 806 g/mol. The average molecular weight is 863 g/mol. The van der Waals surface area contributed by atoms with Gasteiger partial charge in [0.05, 0.1) is 66.1 Å². The molecule has 61 heavy (non-hydrogen) atoms. The molecule has 0 heterocycles. The maximum Gasteiger partial charge on any atom is 0.147 e. The lowest BCUT2D eigenvalue weighted by Crippen LogP contribution is -2.18. The van der Waals surface area contributed by atoms with Gasteiger partial charge in [-0.25, -0.2) is 0 Å². The van der Waals surface area contributed by atoms with Gasteiger partial charge in [-0.2, -0.15) is 0 Å². The van der Waals surface area contributed by atoms with Crippen LogP contribution >= 0.6 is 14.3 Å². The maximum absolute atomic E-state index is 14.6. The van der Waals surface area contributed by atoms with Crippen LogP contribution < -0.4 is 30.7 Å². The number of para-hydroxylation sites is 2. The highest BCUT2D eigenvalue weighted by atomic mass is 31.2. The highest BCUT2D eigenvalue weighted by Crippen LogP contribution is 2.49. The van der Waals surface area contributed by atoms with Gasteiger partial charge < -0.3 is 42.3 Å². The monoisotopic (exact) mass is 862 g/mol. The second kappa shape index (κ2) is 25.2. The van der Waals surface area contributed by atoms with E-state index in [0.717, 1.165) is 32.3 Å². The van der Waals surface area contributed by atoms with E-state index < -0.39 is 14.3 Å². The third-order valence-electron chi connectivity index (χ3n) is 9.88. The van der Waals surface area contributed by atoms with Gasteiger partial charge in [0.15, 0.2) is 0 Å². The molecule has 0 bridgehead atoms. The number of ether oxygens (including phenoxy) is 7. The van der Waals surface area contributed by atoms with Gasteiger partial charge in [0.25, 0.3) is 0 Å². The van der Waals surface area contributed by atoms with Crippen molar-refractivity contribution in [3.05, 3.63) is 181 Å². The SMILES string of the molecule is O=P(Cc1ccccc1OCCOCCOCCOCCOCCOCCOc1ccccc1CP(=O)(c1ccccc1)c1ccccc1)(c1ccccc1)c1ccccc1. The van der Waals surface area contributed by atoms with Crippen LogP contribution in [0.25, 0.3) is 0 Å². The Balaban J connectivity index is 0.776. The number of benzene rings is 6. The Morgan fingerprint density at radius 1 is 0.279 bits per heavy atom. The van der Waals surface area contributed by atoms with Crippen LogP contribution in [0.15, 0.2) is 170 Å². The van der Waals surface area contributed by atoms with Crippen LogP contribution in [-0.4, -0.2) is 79.3 Å². The van der Waals surface area contributed by atoms with Crippen LogP contribution in [0.5, 0.6) is 11.5 Å². The van der Waals surface area contributed by atoms with E-state index in [9.17, 15) is 9.13 Å². The Morgan fingerprint density at radius 2 is 0.508 bits per heavy atom. The first-order valence-corrected chi connectivity index (χ1v) is 24.6. The molecule has 0 aliphatic rings. The average Bonchev–Trinajstić information content (AvgIpc) is 3.31. The van der Waals surface area contributed by atoms with Gasteiger partial charge in [-0.15, -0.1) is 0 Å². The molecule has 0 N–H and O–H groups in total. The van der Waals surface area contributed by atoms with E-state index in [0.29, 0.717) is 103 Å². The third kappa shape index (κ3) is 14.1. The van der Waals surface area contributed by atoms with Crippen LogP contribution in [0.1, 0.15) is 11.1 Å². The lowest BCUT2D eigenvalue weighted by Gasteiger charge is -2.21. The van der Waals surface area contributed by atoms with Crippen molar-refractivity contribution in [3.63, 3.8) is 0 Å². The minimum absolute atomic E-state index is 0.362. The van der Waals surface area contributed by atoms with Crippen molar-refractivity contribution >= 4 is 35.5 Å². The highest BCUT2D eigenvalue weighted by Gasteiger charge is 2.30.